The van der Waals surface area contributed by atoms with Gasteiger partial charge in [-0.15, -0.1) is 0 Å². The Morgan fingerprint density at radius 1 is 1.13 bits per heavy atom. The van der Waals surface area contributed by atoms with Crippen molar-refractivity contribution in [3.8, 4) is 0 Å². The predicted molar refractivity (Wildman–Crippen MR) is 86.0 cm³/mol. The summed E-state index contributed by atoms with van der Waals surface area (Å²) in [6.07, 6.45) is 4.59. The molecule has 120 valence electrons. The van der Waals surface area contributed by atoms with Crippen molar-refractivity contribution in [2.24, 2.45) is 7.05 Å². The first kappa shape index (κ1) is 15.4. The van der Waals surface area contributed by atoms with Gasteiger partial charge in [-0.05, 0) is 32.1 Å². The quantitative estimate of drug-likeness (QED) is 0.759. The van der Waals surface area contributed by atoms with E-state index in [-0.39, 0.29) is 11.8 Å². The smallest absolute Gasteiger partial charge is 0.261 e. The molecule has 6 nitrogen and oxygen atoms in total. The molecule has 0 aliphatic carbocycles. The molecule has 0 saturated heterocycles. The van der Waals surface area contributed by atoms with Gasteiger partial charge in [-0.25, -0.2) is 0 Å². The predicted octanol–water partition coefficient (Wildman–Crippen LogP) is 1.54. The van der Waals surface area contributed by atoms with Gasteiger partial charge in [-0.2, -0.15) is 5.10 Å². The molecule has 0 fully saturated rings. The van der Waals surface area contributed by atoms with E-state index >= 15 is 0 Å². The van der Waals surface area contributed by atoms with E-state index < -0.39 is 0 Å². The third-order valence-electron chi connectivity index (χ3n) is 4.01. The van der Waals surface area contributed by atoms with Crippen molar-refractivity contribution in [3.05, 3.63) is 53.3 Å². The molecule has 0 saturated carbocycles. The number of fused-ring (bicyclic) bond motifs is 1. The molecule has 2 amide bonds. The highest BCUT2D eigenvalue weighted by Crippen LogP contribution is 2.22. The Hall–Kier alpha value is -2.47. The van der Waals surface area contributed by atoms with E-state index in [0.717, 1.165) is 25.1 Å². The van der Waals surface area contributed by atoms with Crippen LogP contribution in [-0.2, 0) is 13.6 Å². The van der Waals surface area contributed by atoms with Gasteiger partial charge in [0.25, 0.3) is 11.8 Å². The van der Waals surface area contributed by atoms with Gasteiger partial charge < -0.3 is 4.90 Å². The summed E-state index contributed by atoms with van der Waals surface area (Å²) in [6, 6.07) is 7.00. The van der Waals surface area contributed by atoms with E-state index in [4.69, 9.17) is 0 Å². The van der Waals surface area contributed by atoms with Crippen molar-refractivity contribution >= 4 is 11.8 Å². The SMILES string of the molecule is CN(CCCN1C(=O)c2ccccc2C1=O)Cc1cnn(C)c1. The van der Waals surface area contributed by atoms with E-state index in [1.165, 1.54) is 4.90 Å². The molecule has 1 aliphatic heterocycles. The van der Waals surface area contributed by atoms with Crippen LogP contribution in [-0.4, -0.2) is 51.5 Å². The molecule has 3 rings (SSSR count). The van der Waals surface area contributed by atoms with Crippen LogP contribution >= 0.6 is 0 Å². The van der Waals surface area contributed by atoms with E-state index in [2.05, 4.69) is 10.00 Å². The molecule has 0 bridgehead atoms. The zero-order chi connectivity index (χ0) is 16.4. The average Bonchev–Trinajstić information content (AvgIpc) is 3.04. The Morgan fingerprint density at radius 3 is 2.35 bits per heavy atom. The second-order valence-corrected chi connectivity index (χ2v) is 5.92. The average molecular weight is 312 g/mol. The van der Waals surface area contributed by atoms with Crippen molar-refractivity contribution < 1.29 is 9.59 Å². The zero-order valence-electron chi connectivity index (χ0n) is 13.4. The molecule has 0 unspecified atom stereocenters. The molecule has 1 aromatic carbocycles. The van der Waals surface area contributed by atoms with Gasteiger partial charge in [0.1, 0.15) is 0 Å². The van der Waals surface area contributed by atoms with E-state index in [1.54, 1.807) is 28.9 Å². The number of carbonyl (C=O) groups excluding carboxylic acids is 2. The number of hydrogen-bond donors (Lipinski definition) is 0. The normalized spacial score (nSPS) is 14.0. The lowest BCUT2D eigenvalue weighted by Crippen LogP contribution is -2.32. The Kier molecular flexibility index (Phi) is 4.25. The molecule has 0 atom stereocenters. The summed E-state index contributed by atoms with van der Waals surface area (Å²) in [7, 11) is 3.92. The Bertz CT molecular complexity index is 703. The third kappa shape index (κ3) is 3.17. The number of rotatable bonds is 6. The molecule has 6 heteroatoms. The molecule has 2 aromatic rings. The van der Waals surface area contributed by atoms with Gasteiger partial charge >= 0.3 is 0 Å². The van der Waals surface area contributed by atoms with Gasteiger partial charge in [-0.3, -0.25) is 19.2 Å². The van der Waals surface area contributed by atoms with Crippen LogP contribution in [0, 0.1) is 0 Å². The van der Waals surface area contributed by atoms with Gasteiger partial charge in [0.2, 0.25) is 0 Å². The number of aromatic nitrogens is 2. The van der Waals surface area contributed by atoms with E-state index in [0.29, 0.717) is 17.7 Å². The number of aryl methyl sites for hydroxylation is 1. The van der Waals surface area contributed by atoms with E-state index in [1.807, 2.05) is 26.5 Å². The number of nitrogens with zero attached hydrogens (tertiary/aromatic N) is 4. The number of carbonyl (C=O) groups is 2. The minimum Gasteiger partial charge on any atom is -0.302 e. The standard InChI is InChI=1S/C17H20N4O2/c1-19(11-13-10-18-20(2)12-13)8-5-9-21-16(22)14-6-3-4-7-15(14)17(21)23/h3-4,6-7,10,12H,5,8-9,11H2,1-2H3. The molecule has 0 radical (unpaired) electrons. The maximum absolute atomic E-state index is 12.3. The van der Waals surface area contributed by atoms with E-state index in [9.17, 15) is 9.59 Å². The van der Waals surface area contributed by atoms with Crippen LogP contribution in [0.1, 0.15) is 32.7 Å². The van der Waals surface area contributed by atoms with Crippen LogP contribution in [0.25, 0.3) is 0 Å². The highest BCUT2D eigenvalue weighted by atomic mass is 16.2. The molecule has 2 heterocycles. The minimum absolute atomic E-state index is 0.180. The second-order valence-electron chi connectivity index (χ2n) is 5.92. The summed E-state index contributed by atoms with van der Waals surface area (Å²) >= 11 is 0. The lowest BCUT2D eigenvalue weighted by molar-refractivity contribution is 0.0648. The van der Waals surface area contributed by atoms with Crippen molar-refractivity contribution in [3.63, 3.8) is 0 Å². The third-order valence-corrected chi connectivity index (χ3v) is 4.01. The summed E-state index contributed by atoms with van der Waals surface area (Å²) in [5.41, 5.74) is 2.18. The van der Waals surface area contributed by atoms with Gasteiger partial charge in [0.05, 0.1) is 17.3 Å². The first-order valence-electron chi connectivity index (χ1n) is 7.67. The number of hydrogen-bond acceptors (Lipinski definition) is 4. The Labute approximate surface area is 135 Å². The maximum Gasteiger partial charge on any atom is 0.261 e. The lowest BCUT2D eigenvalue weighted by Gasteiger charge is -2.18. The molecule has 0 spiro atoms. The van der Waals surface area contributed by atoms with Crippen molar-refractivity contribution in [2.45, 2.75) is 13.0 Å². The molecule has 1 aliphatic rings. The Balaban J connectivity index is 1.51. The zero-order valence-corrected chi connectivity index (χ0v) is 13.4. The summed E-state index contributed by atoms with van der Waals surface area (Å²) in [5, 5.41) is 4.15. The van der Waals surface area contributed by atoms with Crippen molar-refractivity contribution in [2.75, 3.05) is 20.1 Å². The fourth-order valence-electron chi connectivity index (χ4n) is 2.89. The summed E-state index contributed by atoms with van der Waals surface area (Å²) < 4.78 is 1.78. The molecular weight excluding hydrogens is 292 g/mol. The van der Waals surface area contributed by atoms with Crippen LogP contribution in [0.3, 0.4) is 0 Å². The molecule has 1 aromatic heterocycles. The fraction of sp³-hybridized carbons (Fsp3) is 0.353. The van der Waals surface area contributed by atoms with Gasteiger partial charge in [0.15, 0.2) is 0 Å². The maximum atomic E-state index is 12.3. The number of benzene rings is 1. The van der Waals surface area contributed by atoms with Crippen molar-refractivity contribution in [1.82, 2.24) is 19.6 Å². The minimum atomic E-state index is -0.180. The highest BCUT2D eigenvalue weighted by molar-refractivity contribution is 6.21. The number of imide groups is 1. The van der Waals surface area contributed by atoms with Gasteiger partial charge in [0, 0.05) is 31.9 Å². The summed E-state index contributed by atoms with van der Waals surface area (Å²) in [6.45, 7) is 2.06. The van der Waals surface area contributed by atoms with Crippen LogP contribution < -0.4 is 0 Å². The second kappa shape index (κ2) is 6.34. The first-order chi connectivity index (χ1) is 11.1. The largest absolute Gasteiger partial charge is 0.302 e. The number of amides is 2. The molecule has 0 N–H and O–H groups in total. The topological polar surface area (TPSA) is 58.4 Å². The summed E-state index contributed by atoms with van der Waals surface area (Å²) in [4.78, 5) is 28.0. The highest BCUT2D eigenvalue weighted by Gasteiger charge is 2.34. The molecule has 23 heavy (non-hydrogen) atoms. The van der Waals surface area contributed by atoms with Gasteiger partial charge in [-0.1, -0.05) is 12.1 Å². The first-order valence-corrected chi connectivity index (χ1v) is 7.67. The lowest BCUT2D eigenvalue weighted by atomic mass is 10.1. The van der Waals surface area contributed by atoms with Crippen LogP contribution in [0.5, 0.6) is 0 Å². The van der Waals surface area contributed by atoms with Crippen LogP contribution in [0.2, 0.25) is 0 Å². The Morgan fingerprint density at radius 2 is 1.78 bits per heavy atom. The molecular formula is C17H20N4O2. The van der Waals surface area contributed by atoms with Crippen molar-refractivity contribution in [1.29, 1.82) is 0 Å². The summed E-state index contributed by atoms with van der Waals surface area (Å²) in [5.74, 6) is -0.360. The fourth-order valence-corrected chi connectivity index (χ4v) is 2.89. The van der Waals surface area contributed by atoms with Crippen LogP contribution in [0.4, 0.5) is 0 Å². The van der Waals surface area contributed by atoms with Crippen LogP contribution in [0.15, 0.2) is 36.7 Å². The monoisotopic (exact) mass is 312 g/mol.